The van der Waals surface area contributed by atoms with Crippen LogP contribution in [0.25, 0.3) is 0 Å². The largest absolute Gasteiger partial charge is 0.381 e. The number of nitro benzene ring substituents is 2. The van der Waals surface area contributed by atoms with Crippen molar-refractivity contribution in [2.24, 2.45) is 11.1 Å². The van der Waals surface area contributed by atoms with E-state index in [2.05, 4.69) is 5.16 Å². The molecule has 0 radical (unpaired) electrons. The molecule has 0 aliphatic carbocycles. The summed E-state index contributed by atoms with van der Waals surface area (Å²) in [4.78, 5) is 52.1. The number of hydrogen-bond donors (Lipinski definition) is 0. The van der Waals surface area contributed by atoms with Crippen LogP contribution in [0.15, 0.2) is 53.7 Å². The van der Waals surface area contributed by atoms with Crippen molar-refractivity contribution in [1.29, 1.82) is 0 Å². The third-order valence-electron chi connectivity index (χ3n) is 4.48. The molecule has 4 rings (SSSR count). The summed E-state index contributed by atoms with van der Waals surface area (Å²) in [7, 11) is 0. The Morgan fingerprint density at radius 1 is 0.929 bits per heavy atom. The molecule has 2 aromatic carbocycles. The van der Waals surface area contributed by atoms with Crippen LogP contribution in [0, 0.1) is 26.1 Å². The fraction of sp³-hybridized carbons (Fsp3) is 0.118. The minimum Gasteiger partial charge on any atom is -0.381 e. The summed E-state index contributed by atoms with van der Waals surface area (Å²) in [5, 5.41) is 25.5. The number of imide groups is 1. The van der Waals surface area contributed by atoms with Gasteiger partial charge in [-0.1, -0.05) is 17.3 Å². The van der Waals surface area contributed by atoms with Gasteiger partial charge in [0.25, 0.3) is 17.3 Å². The maximum atomic E-state index is 12.9. The number of rotatable bonds is 4. The highest BCUT2D eigenvalue weighted by atomic mass is 16.7. The van der Waals surface area contributed by atoms with Crippen LogP contribution in [-0.2, 0) is 14.4 Å². The van der Waals surface area contributed by atoms with E-state index < -0.39 is 33.7 Å². The minimum atomic E-state index is -1.18. The molecule has 11 heteroatoms. The molecular weight excluding hydrogens is 372 g/mol. The van der Waals surface area contributed by atoms with Crippen molar-refractivity contribution in [3.8, 4) is 0 Å². The summed E-state index contributed by atoms with van der Waals surface area (Å²) in [6.45, 7) is 0. The van der Waals surface area contributed by atoms with Gasteiger partial charge in [-0.3, -0.25) is 29.8 Å². The quantitative estimate of drug-likeness (QED) is 0.445. The Kier molecular flexibility index (Phi) is 3.84. The van der Waals surface area contributed by atoms with Gasteiger partial charge in [0.2, 0.25) is 12.0 Å². The molecule has 0 N–H and O–H groups in total. The van der Waals surface area contributed by atoms with Crippen molar-refractivity contribution in [3.05, 3.63) is 74.3 Å². The lowest BCUT2D eigenvalue weighted by atomic mass is 9.94. The van der Waals surface area contributed by atoms with E-state index in [0.29, 0.717) is 5.56 Å². The number of non-ortho nitro benzene ring substituents is 2. The van der Waals surface area contributed by atoms with Crippen molar-refractivity contribution < 1.29 is 24.3 Å². The fourth-order valence-electron chi connectivity index (χ4n) is 3.17. The number of nitro groups is 2. The lowest BCUT2D eigenvalue weighted by Gasteiger charge is -2.15. The van der Waals surface area contributed by atoms with Gasteiger partial charge in [0.1, 0.15) is 11.6 Å². The maximum Gasteiger partial charge on any atom is 0.278 e. The number of hydrogen-bond acceptors (Lipinski definition) is 8. The number of nitrogens with zero attached hydrogens (tertiary/aromatic N) is 4. The first kappa shape index (κ1) is 17.3. The lowest BCUT2D eigenvalue weighted by Crippen LogP contribution is -2.33. The van der Waals surface area contributed by atoms with E-state index >= 15 is 0 Å². The molecule has 28 heavy (non-hydrogen) atoms. The second-order valence-electron chi connectivity index (χ2n) is 6.07. The molecule has 1 saturated heterocycles. The van der Waals surface area contributed by atoms with Crippen molar-refractivity contribution in [2.75, 3.05) is 4.90 Å². The smallest absolute Gasteiger partial charge is 0.278 e. The number of oxime groups is 1. The van der Waals surface area contributed by atoms with Crippen molar-refractivity contribution in [1.82, 2.24) is 0 Å². The van der Waals surface area contributed by atoms with Crippen LogP contribution in [0.3, 0.4) is 0 Å². The number of carbonyl (C=O) groups is 2. The second kappa shape index (κ2) is 6.23. The van der Waals surface area contributed by atoms with Crippen LogP contribution >= 0.6 is 0 Å². The van der Waals surface area contributed by atoms with Gasteiger partial charge in [-0.05, 0) is 12.1 Å². The Bertz CT molecular complexity index is 1060. The number of anilines is 1. The summed E-state index contributed by atoms with van der Waals surface area (Å²) in [6, 6.07) is 10.5. The lowest BCUT2D eigenvalue weighted by molar-refractivity contribution is -0.385. The predicted molar refractivity (Wildman–Crippen MR) is 93.6 cm³/mol. The molecule has 2 amide bonds. The van der Waals surface area contributed by atoms with Crippen LogP contribution in [-0.4, -0.2) is 33.5 Å². The predicted octanol–water partition coefficient (Wildman–Crippen LogP) is 1.80. The molecule has 0 saturated carbocycles. The van der Waals surface area contributed by atoms with Gasteiger partial charge in [0, 0.05) is 29.8 Å². The van der Waals surface area contributed by atoms with Crippen LogP contribution in [0.1, 0.15) is 5.56 Å². The van der Waals surface area contributed by atoms with E-state index in [4.69, 9.17) is 4.84 Å². The molecule has 0 unspecified atom stereocenters. The van der Waals surface area contributed by atoms with E-state index in [-0.39, 0.29) is 22.8 Å². The summed E-state index contributed by atoms with van der Waals surface area (Å²) in [5.74, 6) is -2.33. The van der Waals surface area contributed by atoms with E-state index in [1.54, 1.807) is 0 Å². The topological polar surface area (TPSA) is 145 Å². The first-order valence-electron chi connectivity index (χ1n) is 7.99. The monoisotopic (exact) mass is 382 g/mol. The van der Waals surface area contributed by atoms with Gasteiger partial charge < -0.3 is 4.84 Å². The molecule has 2 aliphatic heterocycles. The van der Waals surface area contributed by atoms with Gasteiger partial charge in [0.15, 0.2) is 0 Å². The zero-order valence-corrected chi connectivity index (χ0v) is 13.9. The normalized spacial score (nSPS) is 20.6. The average Bonchev–Trinajstić information content (AvgIpc) is 3.22. The average molecular weight is 382 g/mol. The number of benzene rings is 2. The van der Waals surface area contributed by atoms with Crippen LogP contribution in [0.2, 0.25) is 0 Å². The van der Waals surface area contributed by atoms with E-state index in [0.717, 1.165) is 4.90 Å². The van der Waals surface area contributed by atoms with Gasteiger partial charge in [0.05, 0.1) is 15.5 Å². The molecule has 11 nitrogen and oxygen atoms in total. The summed E-state index contributed by atoms with van der Waals surface area (Å²) in [6.07, 6.45) is -1.18. The number of fused-ring (bicyclic) bond motifs is 1. The Balaban J connectivity index is 1.67. The number of amides is 2. The van der Waals surface area contributed by atoms with Crippen molar-refractivity contribution in [2.45, 2.75) is 6.10 Å². The number of carbonyl (C=O) groups excluding carboxylic acids is 2. The standard InChI is InChI=1S/C17H10N4O7/c22-16-13-14(9-2-1-3-12(8-9)21(26)27)18-28-15(13)17(23)19(16)10-4-6-11(7-5-10)20(24)25/h1-8,13,15H/t13-,15-/m0/s1. The first-order valence-corrected chi connectivity index (χ1v) is 7.99. The van der Waals surface area contributed by atoms with Crippen LogP contribution < -0.4 is 4.90 Å². The minimum absolute atomic E-state index is 0.122. The SMILES string of the molecule is O=C1[C@H]2C(c3cccc([N+](=O)[O-])c3)=NO[C@@H]2C(=O)N1c1ccc([N+](=O)[O-])cc1. The maximum absolute atomic E-state index is 12.9. The Morgan fingerprint density at radius 2 is 1.61 bits per heavy atom. The Morgan fingerprint density at radius 3 is 2.25 bits per heavy atom. The van der Waals surface area contributed by atoms with Gasteiger partial charge in [-0.2, -0.15) is 0 Å². The van der Waals surface area contributed by atoms with Crippen LogP contribution in [0.5, 0.6) is 0 Å². The van der Waals surface area contributed by atoms with Crippen LogP contribution in [0.4, 0.5) is 17.1 Å². The van der Waals surface area contributed by atoms with E-state index in [1.165, 1.54) is 48.5 Å². The molecule has 2 aromatic rings. The first-order chi connectivity index (χ1) is 13.4. The van der Waals surface area contributed by atoms with E-state index in [1.807, 2.05) is 0 Å². The summed E-state index contributed by atoms with van der Waals surface area (Å²) < 4.78 is 0. The summed E-state index contributed by atoms with van der Waals surface area (Å²) >= 11 is 0. The Hall–Kier alpha value is -4.15. The third-order valence-corrected chi connectivity index (χ3v) is 4.48. The zero-order chi connectivity index (χ0) is 20.0. The Labute approximate surface area is 156 Å². The second-order valence-corrected chi connectivity index (χ2v) is 6.07. The molecule has 140 valence electrons. The van der Waals surface area contributed by atoms with Gasteiger partial charge in [-0.15, -0.1) is 0 Å². The highest BCUT2D eigenvalue weighted by molar-refractivity contribution is 6.32. The molecule has 2 atom stereocenters. The third kappa shape index (κ3) is 2.57. The van der Waals surface area contributed by atoms with Gasteiger partial charge in [-0.25, -0.2) is 4.90 Å². The fourth-order valence-corrected chi connectivity index (χ4v) is 3.17. The zero-order valence-electron chi connectivity index (χ0n) is 13.9. The van der Waals surface area contributed by atoms with Gasteiger partial charge >= 0.3 is 0 Å². The molecule has 2 aliphatic rings. The molecule has 0 aromatic heterocycles. The van der Waals surface area contributed by atoms with Crippen molar-refractivity contribution >= 4 is 34.6 Å². The molecule has 1 fully saturated rings. The van der Waals surface area contributed by atoms with Crippen molar-refractivity contribution in [3.63, 3.8) is 0 Å². The van der Waals surface area contributed by atoms with E-state index in [9.17, 15) is 29.8 Å². The molecule has 2 heterocycles. The molecule has 0 spiro atoms. The summed E-state index contributed by atoms with van der Waals surface area (Å²) in [5.41, 5.74) is 0.215. The highest BCUT2D eigenvalue weighted by Crippen LogP contribution is 2.36. The molecular formula is C17H10N4O7. The highest BCUT2D eigenvalue weighted by Gasteiger charge is 2.56. The molecule has 0 bridgehead atoms.